The number of nitrogens with zero attached hydrogens (tertiary/aromatic N) is 2. The van der Waals surface area contributed by atoms with Crippen molar-refractivity contribution in [2.75, 3.05) is 4.90 Å². The number of aliphatic hydroxyl groups excluding tert-OH is 1. The second-order valence-corrected chi connectivity index (χ2v) is 7.40. The van der Waals surface area contributed by atoms with Crippen LogP contribution in [0.2, 0.25) is 0 Å². The Morgan fingerprint density at radius 2 is 1.53 bits per heavy atom. The second kappa shape index (κ2) is 7.99. The molecule has 2 N–H and O–H groups in total. The summed E-state index contributed by atoms with van der Waals surface area (Å²) < 4.78 is 0. The van der Waals surface area contributed by atoms with Crippen LogP contribution in [0, 0.1) is 17.0 Å². The van der Waals surface area contributed by atoms with Crippen LogP contribution >= 0.6 is 0 Å². The van der Waals surface area contributed by atoms with E-state index in [4.69, 9.17) is 0 Å². The molecule has 160 valence electrons. The van der Waals surface area contributed by atoms with Gasteiger partial charge in [0.05, 0.1) is 16.5 Å². The van der Waals surface area contributed by atoms with Gasteiger partial charge in [-0.05, 0) is 48.9 Å². The number of amides is 1. The van der Waals surface area contributed by atoms with E-state index in [2.05, 4.69) is 0 Å². The van der Waals surface area contributed by atoms with Crippen LogP contribution in [0.3, 0.4) is 0 Å². The first kappa shape index (κ1) is 20.8. The van der Waals surface area contributed by atoms with Gasteiger partial charge < -0.3 is 10.2 Å². The number of hydrogen-bond acceptors (Lipinski definition) is 6. The number of aryl methyl sites for hydroxylation is 1. The van der Waals surface area contributed by atoms with Crippen molar-refractivity contribution in [3.63, 3.8) is 0 Å². The number of Topliss-reactive ketones (excluding diaryl/α,β-unsaturated/α-hetero) is 1. The standard InChI is InChI=1S/C24H18N2O6/c1-14-2-4-16(5-3-14)22(28)20-21(15-6-8-18(9-7-15)26(31)32)25(24(30)23(20)29)17-10-12-19(27)13-11-17/h2-13,21,27-28H,1H3/b22-20-. The van der Waals surface area contributed by atoms with Gasteiger partial charge in [-0.25, -0.2) is 0 Å². The normalized spacial score (nSPS) is 17.5. The van der Waals surface area contributed by atoms with Crippen LogP contribution in [0.15, 0.2) is 78.4 Å². The van der Waals surface area contributed by atoms with E-state index in [-0.39, 0.29) is 22.8 Å². The molecule has 1 unspecified atom stereocenters. The van der Waals surface area contributed by atoms with E-state index in [1.54, 1.807) is 24.3 Å². The minimum atomic E-state index is -1.01. The molecular formula is C24H18N2O6. The average molecular weight is 430 g/mol. The minimum absolute atomic E-state index is 0.0168. The number of aliphatic hydroxyl groups is 1. The number of ketones is 1. The van der Waals surface area contributed by atoms with Crippen LogP contribution < -0.4 is 4.90 Å². The molecule has 3 aromatic rings. The number of phenolic OH excluding ortho intramolecular Hbond substituents is 1. The summed E-state index contributed by atoms with van der Waals surface area (Å²) in [6.45, 7) is 1.88. The number of hydrogen-bond donors (Lipinski definition) is 2. The zero-order valence-corrected chi connectivity index (χ0v) is 16.9. The molecule has 1 atom stereocenters. The Bertz CT molecular complexity index is 1250. The summed E-state index contributed by atoms with van der Waals surface area (Å²) in [6, 6.07) is 17.0. The molecule has 0 aromatic heterocycles. The van der Waals surface area contributed by atoms with E-state index in [0.717, 1.165) is 5.56 Å². The summed E-state index contributed by atoms with van der Waals surface area (Å²) in [6.07, 6.45) is 0. The lowest BCUT2D eigenvalue weighted by Crippen LogP contribution is -2.29. The quantitative estimate of drug-likeness (QED) is 0.210. The number of nitro groups is 1. The summed E-state index contributed by atoms with van der Waals surface area (Å²) >= 11 is 0. The third kappa shape index (κ3) is 3.58. The summed E-state index contributed by atoms with van der Waals surface area (Å²) in [5, 5.41) is 31.7. The molecular weight excluding hydrogens is 412 g/mol. The SMILES string of the molecule is Cc1ccc(/C(O)=C2/C(=O)C(=O)N(c3ccc(O)cc3)C2c2ccc([N+](=O)[O-])cc2)cc1. The number of nitro benzene ring substituents is 1. The topological polar surface area (TPSA) is 121 Å². The molecule has 8 nitrogen and oxygen atoms in total. The predicted molar refractivity (Wildman–Crippen MR) is 117 cm³/mol. The van der Waals surface area contributed by atoms with E-state index >= 15 is 0 Å². The van der Waals surface area contributed by atoms with Gasteiger partial charge in [0.15, 0.2) is 0 Å². The van der Waals surface area contributed by atoms with Crippen molar-refractivity contribution in [1.82, 2.24) is 0 Å². The Hall–Kier alpha value is -4.46. The van der Waals surface area contributed by atoms with E-state index in [0.29, 0.717) is 16.8 Å². The highest BCUT2D eigenvalue weighted by Gasteiger charge is 2.47. The fourth-order valence-electron chi connectivity index (χ4n) is 3.67. The van der Waals surface area contributed by atoms with Crippen molar-refractivity contribution in [2.45, 2.75) is 13.0 Å². The maximum absolute atomic E-state index is 13.0. The van der Waals surface area contributed by atoms with Crippen LogP contribution in [0.4, 0.5) is 11.4 Å². The van der Waals surface area contributed by atoms with Gasteiger partial charge in [-0.3, -0.25) is 24.6 Å². The van der Waals surface area contributed by atoms with E-state index in [1.807, 2.05) is 6.92 Å². The number of rotatable bonds is 4. The van der Waals surface area contributed by atoms with Crippen LogP contribution in [-0.4, -0.2) is 26.8 Å². The Labute approximate surface area is 182 Å². The largest absolute Gasteiger partial charge is 0.508 e. The Morgan fingerprint density at radius 1 is 0.938 bits per heavy atom. The fourth-order valence-corrected chi connectivity index (χ4v) is 3.67. The summed E-state index contributed by atoms with van der Waals surface area (Å²) in [5.74, 6) is -2.09. The number of phenols is 1. The third-order valence-corrected chi connectivity index (χ3v) is 5.32. The first-order chi connectivity index (χ1) is 15.3. The smallest absolute Gasteiger partial charge is 0.300 e. The maximum atomic E-state index is 13.0. The van der Waals surface area contributed by atoms with Crippen LogP contribution in [0.1, 0.15) is 22.7 Å². The zero-order chi connectivity index (χ0) is 23.0. The predicted octanol–water partition coefficient (Wildman–Crippen LogP) is 4.24. The molecule has 1 amide bonds. The number of non-ortho nitro benzene ring substituents is 1. The summed E-state index contributed by atoms with van der Waals surface area (Å²) in [4.78, 5) is 37.8. The maximum Gasteiger partial charge on any atom is 0.300 e. The highest BCUT2D eigenvalue weighted by Crippen LogP contribution is 2.42. The van der Waals surface area contributed by atoms with Gasteiger partial charge in [-0.15, -0.1) is 0 Å². The van der Waals surface area contributed by atoms with Gasteiger partial charge in [0.25, 0.3) is 17.4 Å². The summed E-state index contributed by atoms with van der Waals surface area (Å²) in [7, 11) is 0. The van der Waals surface area contributed by atoms with Gasteiger partial charge in [0.1, 0.15) is 11.5 Å². The number of carbonyl (C=O) groups excluding carboxylic acids is 2. The molecule has 1 fully saturated rings. The lowest BCUT2D eigenvalue weighted by molar-refractivity contribution is -0.384. The fraction of sp³-hybridized carbons (Fsp3) is 0.0833. The van der Waals surface area contributed by atoms with Gasteiger partial charge in [-0.1, -0.05) is 29.8 Å². The first-order valence-electron chi connectivity index (χ1n) is 9.69. The first-order valence-corrected chi connectivity index (χ1v) is 9.69. The van der Waals surface area contributed by atoms with Gasteiger partial charge in [-0.2, -0.15) is 0 Å². The van der Waals surface area contributed by atoms with Gasteiger partial charge in [0.2, 0.25) is 0 Å². The molecule has 0 aliphatic carbocycles. The lowest BCUT2D eigenvalue weighted by Gasteiger charge is -2.25. The molecule has 4 rings (SSSR count). The number of benzene rings is 3. The minimum Gasteiger partial charge on any atom is -0.508 e. The van der Waals surface area contributed by atoms with Crippen molar-refractivity contribution in [1.29, 1.82) is 0 Å². The second-order valence-electron chi connectivity index (χ2n) is 7.40. The van der Waals surface area contributed by atoms with Crippen LogP contribution in [0.25, 0.3) is 5.76 Å². The molecule has 0 bridgehead atoms. The average Bonchev–Trinajstić information content (AvgIpc) is 3.05. The zero-order valence-electron chi connectivity index (χ0n) is 16.9. The Balaban J connectivity index is 1.92. The molecule has 8 heteroatoms. The molecule has 1 aliphatic rings. The van der Waals surface area contributed by atoms with Gasteiger partial charge in [0, 0.05) is 23.4 Å². The van der Waals surface area contributed by atoms with Crippen molar-refractivity contribution in [3.05, 3.63) is 105 Å². The number of anilines is 1. The Morgan fingerprint density at radius 3 is 2.09 bits per heavy atom. The van der Waals surface area contributed by atoms with E-state index in [1.165, 1.54) is 53.4 Å². The third-order valence-electron chi connectivity index (χ3n) is 5.32. The molecule has 1 aliphatic heterocycles. The molecule has 1 heterocycles. The van der Waals surface area contributed by atoms with E-state index in [9.17, 15) is 29.9 Å². The van der Waals surface area contributed by atoms with Crippen molar-refractivity contribution >= 4 is 28.8 Å². The molecule has 0 radical (unpaired) electrons. The van der Waals surface area contributed by atoms with Crippen molar-refractivity contribution in [3.8, 4) is 5.75 Å². The highest BCUT2D eigenvalue weighted by atomic mass is 16.6. The number of aromatic hydroxyl groups is 1. The Kier molecular flexibility index (Phi) is 5.19. The molecule has 3 aromatic carbocycles. The van der Waals surface area contributed by atoms with Gasteiger partial charge >= 0.3 is 0 Å². The lowest BCUT2D eigenvalue weighted by atomic mass is 9.94. The monoisotopic (exact) mass is 430 g/mol. The van der Waals surface area contributed by atoms with Crippen molar-refractivity contribution < 1.29 is 24.7 Å². The van der Waals surface area contributed by atoms with Crippen molar-refractivity contribution in [2.24, 2.45) is 0 Å². The number of carbonyl (C=O) groups is 2. The van der Waals surface area contributed by atoms with Crippen LogP contribution in [0.5, 0.6) is 5.75 Å². The molecule has 1 saturated heterocycles. The molecule has 0 spiro atoms. The summed E-state index contributed by atoms with van der Waals surface area (Å²) in [5.41, 5.74) is 1.80. The highest BCUT2D eigenvalue weighted by molar-refractivity contribution is 6.51. The molecule has 32 heavy (non-hydrogen) atoms. The van der Waals surface area contributed by atoms with E-state index < -0.39 is 22.7 Å². The van der Waals surface area contributed by atoms with Crippen LogP contribution in [-0.2, 0) is 9.59 Å². The molecule has 0 saturated carbocycles.